The van der Waals surface area contributed by atoms with E-state index in [0.717, 1.165) is 5.56 Å². The van der Waals surface area contributed by atoms with Crippen LogP contribution in [-0.4, -0.2) is 15.9 Å². The van der Waals surface area contributed by atoms with Gasteiger partial charge in [-0.1, -0.05) is 37.3 Å². The Hall–Kier alpha value is -1.00. The van der Waals surface area contributed by atoms with E-state index in [-0.39, 0.29) is 5.92 Å². The van der Waals surface area contributed by atoms with Gasteiger partial charge in [-0.3, -0.25) is 0 Å². The van der Waals surface area contributed by atoms with Gasteiger partial charge in [-0.15, -0.1) is 12.6 Å². The van der Waals surface area contributed by atoms with Crippen LogP contribution in [0.2, 0.25) is 0 Å². The van der Waals surface area contributed by atoms with E-state index in [0.29, 0.717) is 6.42 Å². The number of hydrogen-bond acceptors (Lipinski definition) is 3. The van der Waals surface area contributed by atoms with Crippen molar-refractivity contribution in [3.63, 3.8) is 0 Å². The summed E-state index contributed by atoms with van der Waals surface area (Å²) in [7, 11) is 0. The maximum Gasteiger partial charge on any atom is 0.333 e. The van der Waals surface area contributed by atoms with Crippen LogP contribution in [0, 0.1) is 0 Å². The summed E-state index contributed by atoms with van der Waals surface area (Å²) < 4.78 is 0. The minimum atomic E-state index is -1.46. The number of benzene rings is 1. The molecule has 4 heteroatoms. The zero-order valence-electron chi connectivity index (χ0n) is 8.55. The van der Waals surface area contributed by atoms with Crippen molar-refractivity contribution in [1.82, 2.24) is 0 Å². The predicted molar refractivity (Wildman–Crippen MR) is 63.0 cm³/mol. The molecule has 2 atom stereocenters. The molecule has 0 heterocycles. The lowest BCUT2D eigenvalue weighted by molar-refractivity contribution is -0.140. The van der Waals surface area contributed by atoms with Crippen LogP contribution in [0.15, 0.2) is 30.3 Å². The molecule has 0 amide bonds. The molecule has 1 rings (SSSR count). The Morgan fingerprint density at radius 3 is 2.53 bits per heavy atom. The summed E-state index contributed by atoms with van der Waals surface area (Å²) in [4.78, 5) is 9.32. The maximum atomic E-state index is 10.8. The lowest BCUT2D eigenvalue weighted by Gasteiger charge is -2.22. The van der Waals surface area contributed by atoms with Gasteiger partial charge >= 0.3 is 5.97 Å². The fourth-order valence-corrected chi connectivity index (χ4v) is 1.73. The highest BCUT2D eigenvalue weighted by molar-refractivity contribution is 7.82. The smallest absolute Gasteiger partial charge is 0.333 e. The van der Waals surface area contributed by atoms with Gasteiger partial charge in [0.1, 0.15) is 0 Å². The van der Waals surface area contributed by atoms with Crippen LogP contribution >= 0.6 is 12.6 Å². The van der Waals surface area contributed by atoms with Crippen LogP contribution in [-0.2, 0) is 4.79 Å². The van der Waals surface area contributed by atoms with Gasteiger partial charge in [0.25, 0.3) is 0 Å². The van der Waals surface area contributed by atoms with Gasteiger partial charge in [0.05, 0.1) is 0 Å². The molecule has 1 aromatic rings. The number of aliphatic carboxylic acids is 1. The van der Waals surface area contributed by atoms with Crippen molar-refractivity contribution in [3.8, 4) is 0 Å². The van der Waals surface area contributed by atoms with Gasteiger partial charge in [-0.05, 0) is 17.9 Å². The SMILES string of the molecule is CC(CC(N)(S)C(=O)O)c1ccccc1. The van der Waals surface area contributed by atoms with Gasteiger partial charge < -0.3 is 10.8 Å². The first-order valence-corrected chi connectivity index (χ1v) is 5.18. The number of nitrogens with two attached hydrogens (primary N) is 1. The second kappa shape index (κ2) is 4.68. The molecular weight excluding hydrogens is 210 g/mol. The van der Waals surface area contributed by atoms with Crippen LogP contribution in [0.3, 0.4) is 0 Å². The van der Waals surface area contributed by atoms with Crippen molar-refractivity contribution in [2.45, 2.75) is 24.1 Å². The van der Waals surface area contributed by atoms with E-state index < -0.39 is 10.8 Å². The van der Waals surface area contributed by atoms with E-state index in [2.05, 4.69) is 12.6 Å². The summed E-state index contributed by atoms with van der Waals surface area (Å²) in [6.45, 7) is 1.94. The zero-order chi connectivity index (χ0) is 11.5. The highest BCUT2D eigenvalue weighted by Gasteiger charge is 2.31. The molecule has 3 N–H and O–H groups in total. The van der Waals surface area contributed by atoms with Crippen molar-refractivity contribution < 1.29 is 9.90 Å². The Morgan fingerprint density at radius 1 is 1.53 bits per heavy atom. The molecule has 82 valence electrons. The molecule has 0 aliphatic heterocycles. The fourth-order valence-electron chi connectivity index (χ4n) is 1.45. The van der Waals surface area contributed by atoms with E-state index in [1.807, 2.05) is 37.3 Å². The number of carbonyl (C=O) groups is 1. The molecule has 0 aromatic heterocycles. The van der Waals surface area contributed by atoms with Crippen molar-refractivity contribution in [1.29, 1.82) is 0 Å². The molecule has 0 aliphatic carbocycles. The average molecular weight is 225 g/mol. The second-order valence-electron chi connectivity index (χ2n) is 3.75. The highest BCUT2D eigenvalue weighted by Crippen LogP contribution is 2.26. The molecule has 0 radical (unpaired) electrons. The number of carboxylic acid groups (broad SMARTS) is 1. The van der Waals surface area contributed by atoms with Crippen LogP contribution in [0.25, 0.3) is 0 Å². The van der Waals surface area contributed by atoms with Gasteiger partial charge in [-0.25, -0.2) is 4.79 Å². The summed E-state index contributed by atoms with van der Waals surface area (Å²) in [6.07, 6.45) is 0.301. The Kier molecular flexibility index (Phi) is 3.77. The average Bonchev–Trinajstić information content (AvgIpc) is 2.18. The second-order valence-corrected chi connectivity index (χ2v) is 4.54. The lowest BCUT2D eigenvalue weighted by Crippen LogP contribution is -2.43. The zero-order valence-corrected chi connectivity index (χ0v) is 9.45. The maximum absolute atomic E-state index is 10.8. The van der Waals surface area contributed by atoms with Crippen molar-refractivity contribution in [2.75, 3.05) is 0 Å². The summed E-state index contributed by atoms with van der Waals surface area (Å²) in [5.74, 6) is -1.02. The highest BCUT2D eigenvalue weighted by atomic mass is 32.1. The van der Waals surface area contributed by atoms with Crippen LogP contribution in [0.1, 0.15) is 24.8 Å². The number of thiol groups is 1. The molecule has 0 fully saturated rings. The van der Waals surface area contributed by atoms with Crippen LogP contribution < -0.4 is 5.73 Å². The Morgan fingerprint density at radius 2 is 2.07 bits per heavy atom. The molecule has 2 unspecified atom stereocenters. The first kappa shape index (κ1) is 12.1. The summed E-state index contributed by atoms with van der Waals surface area (Å²) in [6, 6.07) is 9.67. The molecule has 15 heavy (non-hydrogen) atoms. The predicted octanol–water partition coefficient (Wildman–Crippen LogP) is 1.85. The monoisotopic (exact) mass is 225 g/mol. The van der Waals surface area contributed by atoms with E-state index in [1.54, 1.807) is 0 Å². The van der Waals surface area contributed by atoms with E-state index >= 15 is 0 Å². The van der Waals surface area contributed by atoms with Crippen molar-refractivity contribution in [2.24, 2.45) is 5.73 Å². The van der Waals surface area contributed by atoms with Crippen LogP contribution in [0.4, 0.5) is 0 Å². The third-order valence-electron chi connectivity index (χ3n) is 2.36. The summed E-state index contributed by atoms with van der Waals surface area (Å²) in [5, 5.41) is 8.84. The minimum Gasteiger partial charge on any atom is -0.479 e. The van der Waals surface area contributed by atoms with E-state index in [1.165, 1.54) is 0 Å². The van der Waals surface area contributed by atoms with Gasteiger partial charge in [0.15, 0.2) is 4.87 Å². The van der Waals surface area contributed by atoms with Crippen molar-refractivity contribution in [3.05, 3.63) is 35.9 Å². The van der Waals surface area contributed by atoms with E-state index in [4.69, 9.17) is 10.8 Å². The largest absolute Gasteiger partial charge is 0.479 e. The number of hydrogen-bond donors (Lipinski definition) is 3. The number of rotatable bonds is 4. The molecule has 0 saturated heterocycles. The third kappa shape index (κ3) is 3.25. The Balaban J connectivity index is 2.72. The van der Waals surface area contributed by atoms with E-state index in [9.17, 15) is 4.79 Å². The Labute approximate surface area is 94.7 Å². The van der Waals surface area contributed by atoms with Crippen LogP contribution in [0.5, 0.6) is 0 Å². The first-order chi connectivity index (χ1) is 6.93. The standard InChI is InChI=1S/C11H15NO2S/c1-8(7-11(12,15)10(13)14)9-5-3-2-4-6-9/h2-6,8,15H,7,12H2,1H3,(H,13,14). The molecule has 0 aliphatic rings. The first-order valence-electron chi connectivity index (χ1n) is 4.73. The number of carboxylic acids is 1. The van der Waals surface area contributed by atoms with Gasteiger partial charge in [-0.2, -0.15) is 0 Å². The fraction of sp³-hybridized carbons (Fsp3) is 0.364. The summed E-state index contributed by atoms with van der Waals surface area (Å²) in [5.41, 5.74) is 6.63. The molecular formula is C11H15NO2S. The Bertz CT molecular complexity index is 338. The summed E-state index contributed by atoms with van der Waals surface area (Å²) >= 11 is 3.95. The van der Waals surface area contributed by atoms with Gasteiger partial charge in [0.2, 0.25) is 0 Å². The molecule has 0 saturated carbocycles. The quantitative estimate of drug-likeness (QED) is 0.541. The molecule has 1 aromatic carbocycles. The van der Waals surface area contributed by atoms with Gasteiger partial charge in [0, 0.05) is 0 Å². The molecule has 0 bridgehead atoms. The van der Waals surface area contributed by atoms with Crippen molar-refractivity contribution >= 4 is 18.6 Å². The minimum absolute atomic E-state index is 0.0739. The molecule has 0 spiro atoms. The lowest BCUT2D eigenvalue weighted by atomic mass is 9.94. The normalized spacial score (nSPS) is 16.7. The topological polar surface area (TPSA) is 63.3 Å². The third-order valence-corrected chi connectivity index (χ3v) is 2.73. The molecule has 3 nitrogen and oxygen atoms in total.